The third-order valence-corrected chi connectivity index (χ3v) is 2.08. The van der Waals surface area contributed by atoms with Crippen molar-refractivity contribution in [3.8, 4) is 0 Å². The number of aliphatic hydroxyl groups excluding tert-OH is 1. The molecule has 16 heavy (non-hydrogen) atoms. The minimum atomic E-state index is -4.44. The highest BCUT2D eigenvalue weighted by Crippen LogP contribution is 2.34. The lowest BCUT2D eigenvalue weighted by molar-refractivity contribution is -0.138. The van der Waals surface area contributed by atoms with Crippen molar-refractivity contribution >= 4 is 0 Å². The first-order chi connectivity index (χ1) is 7.32. The Bertz CT molecular complexity index is 389. The largest absolute Gasteiger partial charge is 0.416 e. The predicted octanol–water partition coefficient (Wildman–Crippen LogP) is 3.71. The summed E-state index contributed by atoms with van der Waals surface area (Å²) in [6.07, 6.45) is -4.26. The minimum absolute atomic E-state index is 0.115. The molecule has 0 saturated carbocycles. The van der Waals surface area contributed by atoms with Gasteiger partial charge < -0.3 is 5.11 Å². The highest BCUT2D eigenvalue weighted by Gasteiger charge is 2.34. The van der Waals surface area contributed by atoms with E-state index in [9.17, 15) is 18.3 Å². The number of hydrogen-bond acceptors (Lipinski definition) is 1. The van der Waals surface area contributed by atoms with Crippen LogP contribution in [0.2, 0.25) is 0 Å². The zero-order valence-electron chi connectivity index (χ0n) is 9.05. The van der Waals surface area contributed by atoms with E-state index in [4.69, 9.17) is 0 Å². The molecule has 1 rings (SSSR count). The number of hydrogen-bond donors (Lipinski definition) is 1. The molecule has 0 spiro atoms. The molecule has 1 N–H and O–H groups in total. The van der Waals surface area contributed by atoms with Gasteiger partial charge >= 0.3 is 6.18 Å². The quantitative estimate of drug-likeness (QED) is 0.768. The lowest BCUT2D eigenvalue weighted by atomic mass is 10.0. The van der Waals surface area contributed by atoms with Crippen LogP contribution in [-0.2, 0) is 6.18 Å². The van der Waals surface area contributed by atoms with Crippen LogP contribution in [0.15, 0.2) is 35.9 Å². The highest BCUT2D eigenvalue weighted by atomic mass is 19.4. The first kappa shape index (κ1) is 12.8. The fourth-order valence-electron chi connectivity index (χ4n) is 1.42. The predicted molar refractivity (Wildman–Crippen MR) is 55.8 cm³/mol. The van der Waals surface area contributed by atoms with Gasteiger partial charge in [-0.15, -0.1) is 0 Å². The molecule has 4 heteroatoms. The van der Waals surface area contributed by atoms with E-state index in [0.29, 0.717) is 0 Å². The molecular weight excluding hydrogens is 217 g/mol. The Balaban J connectivity index is 3.19. The maximum Gasteiger partial charge on any atom is 0.416 e. The fourth-order valence-corrected chi connectivity index (χ4v) is 1.42. The van der Waals surface area contributed by atoms with E-state index < -0.39 is 17.8 Å². The number of aliphatic hydroxyl groups is 1. The third-order valence-electron chi connectivity index (χ3n) is 2.08. The topological polar surface area (TPSA) is 20.2 Å². The van der Waals surface area contributed by atoms with Crippen molar-refractivity contribution in [3.63, 3.8) is 0 Å². The Hall–Kier alpha value is -1.29. The molecule has 88 valence electrons. The number of alkyl halides is 3. The molecule has 1 unspecified atom stereocenters. The summed E-state index contributed by atoms with van der Waals surface area (Å²) >= 11 is 0. The molecule has 0 aliphatic carbocycles. The molecule has 0 aliphatic rings. The molecular formula is C12H13F3O. The van der Waals surface area contributed by atoms with Gasteiger partial charge in [-0.25, -0.2) is 0 Å². The zero-order valence-corrected chi connectivity index (χ0v) is 9.05. The summed E-state index contributed by atoms with van der Waals surface area (Å²) in [5, 5.41) is 9.66. The van der Waals surface area contributed by atoms with Gasteiger partial charge in [-0.05, 0) is 25.5 Å². The van der Waals surface area contributed by atoms with Crippen LogP contribution in [0.1, 0.15) is 31.1 Å². The van der Waals surface area contributed by atoms with Gasteiger partial charge in [0.1, 0.15) is 0 Å². The molecule has 0 radical (unpaired) electrons. The number of halogens is 3. The normalized spacial score (nSPS) is 13.4. The lowest BCUT2D eigenvalue weighted by Gasteiger charge is -2.15. The molecule has 1 nitrogen and oxygen atoms in total. The van der Waals surface area contributed by atoms with Gasteiger partial charge in [-0.3, -0.25) is 0 Å². The molecule has 0 bridgehead atoms. The Morgan fingerprint density at radius 1 is 1.25 bits per heavy atom. The zero-order chi connectivity index (χ0) is 12.3. The van der Waals surface area contributed by atoms with Crippen molar-refractivity contribution in [2.24, 2.45) is 0 Å². The minimum Gasteiger partial charge on any atom is -0.384 e. The van der Waals surface area contributed by atoms with Crippen LogP contribution in [0.25, 0.3) is 0 Å². The number of rotatable bonds is 2. The van der Waals surface area contributed by atoms with Gasteiger partial charge in [0.25, 0.3) is 0 Å². The standard InChI is InChI=1S/C12H13F3O/c1-8(2)7-11(16)9-5-3-4-6-10(9)12(13,14)15/h3-7,11,16H,1-2H3. The van der Waals surface area contributed by atoms with Crippen LogP contribution in [0.4, 0.5) is 13.2 Å². The maximum absolute atomic E-state index is 12.6. The van der Waals surface area contributed by atoms with Crippen molar-refractivity contribution in [1.29, 1.82) is 0 Å². The average Bonchev–Trinajstić information content (AvgIpc) is 2.15. The monoisotopic (exact) mass is 230 g/mol. The lowest BCUT2D eigenvalue weighted by Crippen LogP contribution is -2.11. The van der Waals surface area contributed by atoms with Gasteiger partial charge in [0, 0.05) is 0 Å². The second kappa shape index (κ2) is 4.70. The maximum atomic E-state index is 12.6. The van der Waals surface area contributed by atoms with E-state index in [0.717, 1.165) is 11.6 Å². The first-order valence-corrected chi connectivity index (χ1v) is 4.81. The van der Waals surface area contributed by atoms with Gasteiger partial charge in [0.15, 0.2) is 0 Å². The van der Waals surface area contributed by atoms with Crippen LogP contribution < -0.4 is 0 Å². The first-order valence-electron chi connectivity index (χ1n) is 4.81. The molecule has 1 atom stereocenters. The summed E-state index contributed by atoms with van der Waals surface area (Å²) in [5.41, 5.74) is -0.138. The van der Waals surface area contributed by atoms with Crippen molar-refractivity contribution < 1.29 is 18.3 Å². The van der Waals surface area contributed by atoms with Gasteiger partial charge in [0.05, 0.1) is 11.7 Å². The van der Waals surface area contributed by atoms with Gasteiger partial charge in [0.2, 0.25) is 0 Å². The third kappa shape index (κ3) is 3.10. The van der Waals surface area contributed by atoms with E-state index in [-0.39, 0.29) is 5.56 Å². The summed E-state index contributed by atoms with van der Waals surface area (Å²) in [6, 6.07) is 5.04. The molecule has 1 aromatic rings. The second-order valence-corrected chi connectivity index (χ2v) is 3.77. The summed E-state index contributed by atoms with van der Waals surface area (Å²) in [6.45, 7) is 3.44. The summed E-state index contributed by atoms with van der Waals surface area (Å²) in [4.78, 5) is 0. The van der Waals surface area contributed by atoms with E-state index in [1.165, 1.54) is 24.3 Å². The van der Waals surface area contributed by atoms with Crippen molar-refractivity contribution in [1.82, 2.24) is 0 Å². The molecule has 0 saturated heterocycles. The SMILES string of the molecule is CC(C)=CC(O)c1ccccc1C(F)(F)F. The molecule has 0 heterocycles. The summed E-state index contributed by atoms with van der Waals surface area (Å²) in [7, 11) is 0. The van der Waals surface area contributed by atoms with Crippen molar-refractivity contribution in [3.05, 3.63) is 47.0 Å². The second-order valence-electron chi connectivity index (χ2n) is 3.77. The van der Waals surface area contributed by atoms with Gasteiger partial charge in [-0.1, -0.05) is 29.8 Å². The molecule has 0 fully saturated rings. The van der Waals surface area contributed by atoms with Crippen LogP contribution in [0.3, 0.4) is 0 Å². The fraction of sp³-hybridized carbons (Fsp3) is 0.333. The van der Waals surface area contributed by atoms with Crippen LogP contribution in [0, 0.1) is 0 Å². The van der Waals surface area contributed by atoms with Crippen LogP contribution in [-0.4, -0.2) is 5.11 Å². The van der Waals surface area contributed by atoms with E-state index in [2.05, 4.69) is 0 Å². The Kier molecular flexibility index (Phi) is 3.75. The Morgan fingerprint density at radius 2 is 1.81 bits per heavy atom. The molecule has 0 amide bonds. The van der Waals surface area contributed by atoms with Crippen molar-refractivity contribution in [2.75, 3.05) is 0 Å². The Morgan fingerprint density at radius 3 is 2.31 bits per heavy atom. The highest BCUT2D eigenvalue weighted by molar-refractivity contribution is 5.33. The average molecular weight is 230 g/mol. The smallest absolute Gasteiger partial charge is 0.384 e. The molecule has 0 aromatic heterocycles. The van der Waals surface area contributed by atoms with Crippen molar-refractivity contribution in [2.45, 2.75) is 26.1 Å². The summed E-state index contributed by atoms with van der Waals surface area (Å²) < 4.78 is 37.8. The number of allylic oxidation sites excluding steroid dienone is 1. The summed E-state index contributed by atoms with van der Waals surface area (Å²) in [5.74, 6) is 0. The van der Waals surface area contributed by atoms with E-state index in [1.54, 1.807) is 13.8 Å². The van der Waals surface area contributed by atoms with Crippen LogP contribution in [0.5, 0.6) is 0 Å². The molecule has 0 aliphatic heterocycles. The molecule has 1 aromatic carbocycles. The van der Waals surface area contributed by atoms with E-state index in [1.807, 2.05) is 0 Å². The van der Waals surface area contributed by atoms with Gasteiger partial charge in [-0.2, -0.15) is 13.2 Å². The van der Waals surface area contributed by atoms with Crippen LogP contribution >= 0.6 is 0 Å². The number of benzene rings is 1. The Labute approximate surface area is 92.2 Å². The van der Waals surface area contributed by atoms with E-state index >= 15 is 0 Å².